The number of phenolic OH excluding ortho intramolecular Hbond substituents is 1. The first kappa shape index (κ1) is 18.5. The van der Waals surface area contributed by atoms with Crippen LogP contribution in [0, 0.1) is 0 Å². The van der Waals surface area contributed by atoms with E-state index in [4.69, 9.17) is 9.26 Å². The summed E-state index contributed by atoms with van der Waals surface area (Å²) in [6.07, 6.45) is -4.39. The first-order chi connectivity index (χ1) is 13.9. The van der Waals surface area contributed by atoms with Crippen LogP contribution in [0.2, 0.25) is 0 Å². The van der Waals surface area contributed by atoms with Gasteiger partial charge in [0, 0.05) is 11.1 Å². The molecule has 1 N–H and O–H groups in total. The molecule has 0 atom stereocenters. The second-order valence-corrected chi connectivity index (χ2v) is 6.12. The summed E-state index contributed by atoms with van der Waals surface area (Å²) in [7, 11) is 0. The number of aromatic hydroxyl groups is 1. The first-order valence-corrected chi connectivity index (χ1v) is 8.47. The van der Waals surface area contributed by atoms with Crippen LogP contribution < -0.4 is 4.74 Å². The number of rotatable bonds is 4. The van der Waals surface area contributed by atoms with E-state index in [1.807, 2.05) is 0 Å². The number of hydrogen-bond donors (Lipinski definition) is 1. The average molecular weight is 398 g/mol. The lowest BCUT2D eigenvalue weighted by Gasteiger charge is -2.09. The number of alkyl halides is 3. The summed E-state index contributed by atoms with van der Waals surface area (Å²) in [6.45, 7) is 0. The zero-order chi connectivity index (χ0) is 20.4. The second kappa shape index (κ2) is 7.31. The molecule has 0 bridgehead atoms. The molecule has 0 radical (unpaired) electrons. The fourth-order valence-corrected chi connectivity index (χ4v) is 2.58. The van der Waals surface area contributed by atoms with Crippen LogP contribution in [-0.4, -0.2) is 15.2 Å². The monoisotopic (exact) mass is 398 g/mol. The third-order valence-corrected chi connectivity index (χ3v) is 4.07. The van der Waals surface area contributed by atoms with Crippen molar-refractivity contribution in [2.75, 3.05) is 0 Å². The summed E-state index contributed by atoms with van der Waals surface area (Å²) >= 11 is 0. The predicted octanol–water partition coefficient (Wildman–Crippen LogP) is 5.92. The first-order valence-electron chi connectivity index (χ1n) is 8.47. The van der Waals surface area contributed by atoms with Crippen molar-refractivity contribution in [2.24, 2.45) is 0 Å². The summed E-state index contributed by atoms with van der Waals surface area (Å²) in [5.41, 5.74) is 0.615. The van der Waals surface area contributed by atoms with Crippen LogP contribution in [0.25, 0.3) is 22.8 Å². The van der Waals surface area contributed by atoms with Crippen molar-refractivity contribution in [1.82, 2.24) is 10.1 Å². The van der Waals surface area contributed by atoms with Crippen LogP contribution in [0.1, 0.15) is 5.56 Å². The van der Waals surface area contributed by atoms with Crippen molar-refractivity contribution in [3.8, 4) is 40.1 Å². The largest absolute Gasteiger partial charge is 0.508 e. The number of benzene rings is 3. The normalized spacial score (nSPS) is 11.4. The van der Waals surface area contributed by atoms with Gasteiger partial charge in [-0.05, 0) is 72.8 Å². The van der Waals surface area contributed by atoms with Crippen molar-refractivity contribution < 1.29 is 27.5 Å². The molecule has 0 unspecified atom stereocenters. The van der Waals surface area contributed by atoms with Crippen molar-refractivity contribution in [2.45, 2.75) is 6.18 Å². The smallest absolute Gasteiger partial charge is 0.416 e. The molecule has 0 saturated carbocycles. The highest BCUT2D eigenvalue weighted by atomic mass is 19.4. The summed E-state index contributed by atoms with van der Waals surface area (Å²) < 4.78 is 48.6. The van der Waals surface area contributed by atoms with Gasteiger partial charge in [-0.2, -0.15) is 18.2 Å². The highest BCUT2D eigenvalue weighted by molar-refractivity contribution is 5.61. The molecule has 29 heavy (non-hydrogen) atoms. The van der Waals surface area contributed by atoms with Crippen molar-refractivity contribution in [3.63, 3.8) is 0 Å². The molecular formula is C21H13F3N2O3. The highest BCUT2D eigenvalue weighted by Crippen LogP contribution is 2.32. The molecular weight excluding hydrogens is 385 g/mol. The molecule has 3 aromatic carbocycles. The van der Waals surface area contributed by atoms with Crippen LogP contribution >= 0.6 is 0 Å². The molecule has 4 aromatic rings. The van der Waals surface area contributed by atoms with Crippen LogP contribution in [0.3, 0.4) is 0 Å². The molecule has 5 nitrogen and oxygen atoms in total. The second-order valence-electron chi connectivity index (χ2n) is 6.12. The van der Waals surface area contributed by atoms with Gasteiger partial charge in [0.15, 0.2) is 0 Å². The molecule has 0 amide bonds. The van der Waals surface area contributed by atoms with Gasteiger partial charge in [-0.25, -0.2) is 0 Å². The van der Waals surface area contributed by atoms with E-state index in [-0.39, 0.29) is 5.75 Å². The highest BCUT2D eigenvalue weighted by Gasteiger charge is 2.30. The Hall–Kier alpha value is -3.81. The lowest BCUT2D eigenvalue weighted by atomic mass is 10.2. The third-order valence-electron chi connectivity index (χ3n) is 4.07. The van der Waals surface area contributed by atoms with Gasteiger partial charge < -0.3 is 14.4 Å². The quantitative estimate of drug-likeness (QED) is 0.462. The Kier molecular flexibility index (Phi) is 4.67. The summed E-state index contributed by atoms with van der Waals surface area (Å²) in [6, 6.07) is 17.6. The van der Waals surface area contributed by atoms with E-state index < -0.39 is 11.7 Å². The molecule has 0 spiro atoms. The van der Waals surface area contributed by atoms with E-state index >= 15 is 0 Å². The average Bonchev–Trinajstić information content (AvgIpc) is 3.19. The van der Waals surface area contributed by atoms with E-state index in [2.05, 4.69) is 10.1 Å². The van der Waals surface area contributed by atoms with Crippen LogP contribution in [0.4, 0.5) is 13.2 Å². The molecule has 1 aromatic heterocycles. The number of hydrogen-bond acceptors (Lipinski definition) is 5. The minimum Gasteiger partial charge on any atom is -0.508 e. The molecule has 146 valence electrons. The fraction of sp³-hybridized carbons (Fsp3) is 0.0476. The SMILES string of the molecule is Oc1ccc(-c2nc(-c3ccc(Oc4ccc(C(F)(F)F)cc4)cc3)no2)cc1. The van der Waals surface area contributed by atoms with E-state index in [0.29, 0.717) is 34.3 Å². The van der Waals surface area contributed by atoms with Gasteiger partial charge in [-0.1, -0.05) is 5.16 Å². The van der Waals surface area contributed by atoms with Crippen molar-refractivity contribution in [3.05, 3.63) is 78.4 Å². The van der Waals surface area contributed by atoms with Crippen molar-refractivity contribution in [1.29, 1.82) is 0 Å². The molecule has 0 saturated heterocycles. The summed E-state index contributed by atoms with van der Waals surface area (Å²) in [5, 5.41) is 13.3. The number of aromatic nitrogens is 2. The maximum absolute atomic E-state index is 12.6. The van der Waals surface area contributed by atoms with Crippen molar-refractivity contribution >= 4 is 0 Å². The van der Waals surface area contributed by atoms with Crippen LogP contribution in [0.15, 0.2) is 77.3 Å². The molecule has 0 aliphatic rings. The Balaban J connectivity index is 1.47. The minimum atomic E-state index is -4.39. The Morgan fingerprint density at radius 2 is 1.31 bits per heavy atom. The summed E-state index contributed by atoms with van der Waals surface area (Å²) in [5.74, 6) is 1.56. The minimum absolute atomic E-state index is 0.136. The number of halogens is 3. The zero-order valence-electron chi connectivity index (χ0n) is 14.7. The Morgan fingerprint density at radius 1 is 0.759 bits per heavy atom. The van der Waals surface area contributed by atoms with Gasteiger partial charge in [-0.15, -0.1) is 0 Å². The number of phenols is 1. The van der Waals surface area contributed by atoms with Gasteiger partial charge in [0.05, 0.1) is 5.56 Å². The maximum Gasteiger partial charge on any atom is 0.416 e. The molecule has 4 rings (SSSR count). The Bertz CT molecular complexity index is 1100. The lowest BCUT2D eigenvalue weighted by Crippen LogP contribution is -2.03. The van der Waals surface area contributed by atoms with Gasteiger partial charge in [0.25, 0.3) is 5.89 Å². The molecule has 8 heteroatoms. The maximum atomic E-state index is 12.6. The molecule has 0 aliphatic carbocycles. The molecule has 1 heterocycles. The van der Waals surface area contributed by atoms with E-state index in [0.717, 1.165) is 12.1 Å². The van der Waals surface area contributed by atoms with E-state index in [9.17, 15) is 18.3 Å². The predicted molar refractivity (Wildman–Crippen MR) is 98.4 cm³/mol. The van der Waals surface area contributed by atoms with Crippen LogP contribution in [-0.2, 0) is 6.18 Å². The standard InChI is InChI=1S/C21H13F3N2O3/c22-21(23,24)15-5-11-18(12-6-15)28-17-9-3-13(4-10-17)19-25-20(29-26-19)14-1-7-16(27)8-2-14/h1-12,27H. The Labute approximate surface area is 163 Å². The number of nitrogens with zero attached hydrogens (tertiary/aromatic N) is 2. The van der Waals surface area contributed by atoms with Gasteiger partial charge >= 0.3 is 6.18 Å². The molecule has 0 fully saturated rings. The lowest BCUT2D eigenvalue weighted by molar-refractivity contribution is -0.137. The third kappa shape index (κ3) is 4.21. The van der Waals surface area contributed by atoms with Gasteiger partial charge in [0.1, 0.15) is 17.2 Å². The summed E-state index contributed by atoms with van der Waals surface area (Å²) in [4.78, 5) is 4.32. The van der Waals surface area contributed by atoms with Gasteiger partial charge in [0.2, 0.25) is 5.82 Å². The molecule has 0 aliphatic heterocycles. The fourth-order valence-electron chi connectivity index (χ4n) is 2.58. The van der Waals surface area contributed by atoms with E-state index in [1.165, 1.54) is 24.3 Å². The van der Waals surface area contributed by atoms with E-state index in [1.54, 1.807) is 36.4 Å². The zero-order valence-corrected chi connectivity index (χ0v) is 14.7. The topological polar surface area (TPSA) is 68.4 Å². The van der Waals surface area contributed by atoms with Gasteiger partial charge in [-0.3, -0.25) is 0 Å². The number of ether oxygens (including phenoxy) is 1. The van der Waals surface area contributed by atoms with Crippen LogP contribution in [0.5, 0.6) is 17.2 Å². The Morgan fingerprint density at radius 3 is 1.90 bits per heavy atom.